The van der Waals surface area contributed by atoms with Crippen molar-refractivity contribution in [3.8, 4) is 0 Å². The molecule has 1 aromatic carbocycles. The van der Waals surface area contributed by atoms with Crippen molar-refractivity contribution in [1.29, 1.82) is 0 Å². The molecule has 148 valence electrons. The second kappa shape index (κ2) is 12.0. The summed E-state index contributed by atoms with van der Waals surface area (Å²) in [5.74, 6) is 0.867. The third-order valence-electron chi connectivity index (χ3n) is 4.43. The molecule has 0 bridgehead atoms. The Morgan fingerprint density at radius 1 is 1.27 bits per heavy atom. The summed E-state index contributed by atoms with van der Waals surface area (Å²) in [6.45, 7) is 12.6. The zero-order chi connectivity index (χ0) is 18.1. The van der Waals surface area contributed by atoms with Crippen molar-refractivity contribution >= 4 is 41.5 Å². The summed E-state index contributed by atoms with van der Waals surface area (Å²) in [6.07, 6.45) is 0.915. The van der Waals surface area contributed by atoms with Gasteiger partial charge in [-0.2, -0.15) is 0 Å². The summed E-state index contributed by atoms with van der Waals surface area (Å²) in [7, 11) is 0. The van der Waals surface area contributed by atoms with E-state index in [1.54, 1.807) is 0 Å². The molecule has 0 aliphatic carbocycles. The molecule has 26 heavy (non-hydrogen) atoms. The molecule has 1 heterocycles. The van der Waals surface area contributed by atoms with Crippen LogP contribution in [0.15, 0.2) is 29.3 Å². The number of hydrogen-bond donors (Lipinski definition) is 2. The highest BCUT2D eigenvalue weighted by Crippen LogP contribution is 2.16. The normalized spacial score (nSPS) is 16.1. The van der Waals surface area contributed by atoms with Crippen LogP contribution in [0.3, 0.4) is 0 Å². The van der Waals surface area contributed by atoms with Crippen molar-refractivity contribution in [2.45, 2.75) is 32.7 Å². The van der Waals surface area contributed by atoms with Crippen LogP contribution in [0.5, 0.6) is 0 Å². The lowest BCUT2D eigenvalue weighted by Crippen LogP contribution is -2.52. The number of benzene rings is 1. The third kappa shape index (κ3) is 7.98. The molecule has 2 N–H and O–H groups in total. The average molecular weight is 495 g/mol. The maximum absolute atomic E-state index is 6.04. The summed E-state index contributed by atoms with van der Waals surface area (Å²) >= 11 is 6.04. The van der Waals surface area contributed by atoms with Gasteiger partial charge in [0.05, 0.1) is 19.8 Å². The number of guanidine groups is 1. The van der Waals surface area contributed by atoms with E-state index in [9.17, 15) is 0 Å². The van der Waals surface area contributed by atoms with Crippen molar-refractivity contribution in [2.75, 3.05) is 45.9 Å². The number of aliphatic imine (C=N–C) groups is 1. The number of halogens is 2. The van der Waals surface area contributed by atoms with E-state index in [4.69, 9.17) is 21.3 Å². The molecule has 0 amide bonds. The molecule has 0 spiro atoms. The first-order chi connectivity index (χ1) is 12.0. The lowest BCUT2D eigenvalue weighted by atomic mass is 10.0. The van der Waals surface area contributed by atoms with Crippen molar-refractivity contribution < 1.29 is 4.74 Å². The Morgan fingerprint density at radius 2 is 2.00 bits per heavy atom. The van der Waals surface area contributed by atoms with Gasteiger partial charge in [0.15, 0.2) is 5.96 Å². The molecule has 1 aromatic rings. The molecule has 0 saturated carbocycles. The molecule has 0 radical (unpaired) electrons. The molecule has 1 aliphatic rings. The van der Waals surface area contributed by atoms with Crippen molar-refractivity contribution in [3.05, 3.63) is 34.9 Å². The Labute approximate surface area is 179 Å². The number of morpholine rings is 1. The molecule has 7 heteroatoms. The second-order valence-corrected chi connectivity index (χ2v) is 7.35. The van der Waals surface area contributed by atoms with Crippen LogP contribution in [-0.4, -0.2) is 62.3 Å². The maximum Gasteiger partial charge on any atom is 0.191 e. The lowest BCUT2D eigenvalue weighted by molar-refractivity contribution is -0.00683. The van der Waals surface area contributed by atoms with Crippen LogP contribution in [0.1, 0.15) is 26.3 Å². The van der Waals surface area contributed by atoms with Gasteiger partial charge in [0.2, 0.25) is 0 Å². The smallest absolute Gasteiger partial charge is 0.191 e. The fourth-order valence-corrected chi connectivity index (χ4v) is 3.11. The fraction of sp³-hybridized carbons (Fsp3) is 0.632. The highest BCUT2D eigenvalue weighted by molar-refractivity contribution is 14.0. The first-order valence-electron chi connectivity index (χ1n) is 9.10. The van der Waals surface area contributed by atoms with Gasteiger partial charge in [-0.3, -0.25) is 9.89 Å². The van der Waals surface area contributed by atoms with Crippen LogP contribution >= 0.6 is 35.6 Å². The van der Waals surface area contributed by atoms with Crippen LogP contribution in [0.2, 0.25) is 5.02 Å². The molecule has 0 unspecified atom stereocenters. The minimum atomic E-state index is 0. The molecule has 2 rings (SSSR count). The fourth-order valence-electron chi connectivity index (χ4n) is 2.90. The summed E-state index contributed by atoms with van der Waals surface area (Å²) in [5, 5.41) is 7.52. The van der Waals surface area contributed by atoms with Crippen molar-refractivity contribution in [2.24, 2.45) is 4.99 Å². The minimum absolute atomic E-state index is 0. The van der Waals surface area contributed by atoms with E-state index in [1.807, 2.05) is 18.2 Å². The number of rotatable bonds is 7. The van der Waals surface area contributed by atoms with E-state index in [-0.39, 0.29) is 29.5 Å². The van der Waals surface area contributed by atoms with Gasteiger partial charge >= 0.3 is 0 Å². The predicted octanol–water partition coefficient (Wildman–Crippen LogP) is 3.17. The SMILES string of the molecule is CCNC(=NCC(C)(C)N1CCOCC1)NCCc1cccc(Cl)c1.I. The van der Waals surface area contributed by atoms with Gasteiger partial charge in [-0.1, -0.05) is 23.7 Å². The van der Waals surface area contributed by atoms with Gasteiger partial charge in [-0.25, -0.2) is 0 Å². The van der Waals surface area contributed by atoms with Crippen LogP contribution in [0.4, 0.5) is 0 Å². The largest absolute Gasteiger partial charge is 0.379 e. The standard InChI is InChI=1S/C19H31ClN4O.HI/c1-4-21-18(22-9-8-16-6-5-7-17(20)14-16)23-15-19(2,3)24-10-12-25-13-11-24;/h5-7,14H,4,8-13,15H2,1-3H3,(H2,21,22,23);1H. The monoisotopic (exact) mass is 494 g/mol. The zero-order valence-electron chi connectivity index (χ0n) is 16.1. The number of nitrogens with zero attached hydrogens (tertiary/aromatic N) is 2. The molecule has 1 fully saturated rings. The zero-order valence-corrected chi connectivity index (χ0v) is 19.1. The van der Waals surface area contributed by atoms with E-state index in [0.717, 1.165) is 63.3 Å². The van der Waals surface area contributed by atoms with Crippen molar-refractivity contribution in [3.63, 3.8) is 0 Å². The van der Waals surface area contributed by atoms with E-state index < -0.39 is 0 Å². The van der Waals surface area contributed by atoms with Crippen LogP contribution in [0, 0.1) is 0 Å². The minimum Gasteiger partial charge on any atom is -0.379 e. The van der Waals surface area contributed by atoms with Gasteiger partial charge < -0.3 is 15.4 Å². The average Bonchev–Trinajstić information content (AvgIpc) is 2.60. The Hall–Kier alpha value is -0.570. The number of ether oxygens (including phenoxy) is 1. The van der Waals surface area contributed by atoms with Gasteiger partial charge in [-0.05, 0) is 44.9 Å². The molecule has 5 nitrogen and oxygen atoms in total. The predicted molar refractivity (Wildman–Crippen MR) is 121 cm³/mol. The lowest BCUT2D eigenvalue weighted by Gasteiger charge is -2.39. The number of hydrogen-bond acceptors (Lipinski definition) is 3. The van der Waals surface area contributed by atoms with E-state index in [2.05, 4.69) is 42.4 Å². The summed E-state index contributed by atoms with van der Waals surface area (Å²) < 4.78 is 5.45. The summed E-state index contributed by atoms with van der Waals surface area (Å²) in [6, 6.07) is 7.99. The summed E-state index contributed by atoms with van der Waals surface area (Å²) in [5.41, 5.74) is 1.25. The van der Waals surface area contributed by atoms with E-state index >= 15 is 0 Å². The first kappa shape index (κ1) is 23.5. The Kier molecular flexibility index (Phi) is 10.8. The topological polar surface area (TPSA) is 48.9 Å². The molecule has 1 saturated heterocycles. The van der Waals surface area contributed by atoms with Gasteiger partial charge in [-0.15, -0.1) is 24.0 Å². The van der Waals surface area contributed by atoms with Crippen LogP contribution < -0.4 is 10.6 Å². The molecular formula is C19H32ClIN4O. The van der Waals surface area contributed by atoms with E-state index in [0.29, 0.717) is 0 Å². The summed E-state index contributed by atoms with van der Waals surface area (Å²) in [4.78, 5) is 7.25. The first-order valence-corrected chi connectivity index (χ1v) is 9.48. The van der Waals surface area contributed by atoms with Gasteiger partial charge in [0.25, 0.3) is 0 Å². The highest BCUT2D eigenvalue weighted by atomic mass is 127. The highest BCUT2D eigenvalue weighted by Gasteiger charge is 2.28. The van der Waals surface area contributed by atoms with Gasteiger partial charge in [0, 0.05) is 36.7 Å². The van der Waals surface area contributed by atoms with Crippen LogP contribution in [0.25, 0.3) is 0 Å². The Morgan fingerprint density at radius 3 is 2.65 bits per heavy atom. The Bertz CT molecular complexity index is 562. The second-order valence-electron chi connectivity index (χ2n) is 6.91. The third-order valence-corrected chi connectivity index (χ3v) is 4.67. The maximum atomic E-state index is 6.04. The van der Waals surface area contributed by atoms with E-state index in [1.165, 1.54) is 5.56 Å². The van der Waals surface area contributed by atoms with Crippen molar-refractivity contribution in [1.82, 2.24) is 15.5 Å². The molecular weight excluding hydrogens is 463 g/mol. The molecule has 1 aliphatic heterocycles. The molecule has 0 aromatic heterocycles. The quantitative estimate of drug-likeness (QED) is 0.347. The Balaban J connectivity index is 0.00000338. The van der Waals surface area contributed by atoms with Crippen LogP contribution in [-0.2, 0) is 11.2 Å². The molecule has 0 atom stereocenters. The van der Waals surface area contributed by atoms with Gasteiger partial charge in [0.1, 0.15) is 0 Å². The number of nitrogens with one attached hydrogen (secondary N) is 2.